The van der Waals surface area contributed by atoms with Crippen LogP contribution in [0, 0.1) is 6.92 Å². The van der Waals surface area contributed by atoms with Crippen LogP contribution in [-0.4, -0.2) is 44.0 Å². The van der Waals surface area contributed by atoms with Gasteiger partial charge in [0.2, 0.25) is 10.0 Å². The van der Waals surface area contributed by atoms with Gasteiger partial charge >= 0.3 is 0 Å². The van der Waals surface area contributed by atoms with E-state index in [9.17, 15) is 8.42 Å². The minimum atomic E-state index is -3.52. The maximum atomic E-state index is 12.6. The SMILES string of the molecule is Cc1cc(S(=O)(=O)N(C)CC2CCCO2)ccc1C(N)=S. The molecule has 1 aromatic rings. The van der Waals surface area contributed by atoms with Crippen LogP contribution in [-0.2, 0) is 14.8 Å². The number of nitrogens with two attached hydrogens (primary N) is 1. The molecule has 0 amide bonds. The summed E-state index contributed by atoms with van der Waals surface area (Å²) in [6.07, 6.45) is 1.88. The molecule has 2 N–H and O–H groups in total. The van der Waals surface area contributed by atoms with Crippen LogP contribution >= 0.6 is 12.2 Å². The van der Waals surface area contributed by atoms with Crippen molar-refractivity contribution < 1.29 is 13.2 Å². The smallest absolute Gasteiger partial charge is 0.242 e. The molecule has 1 aliphatic heterocycles. The standard InChI is InChI=1S/C14H20N2O3S2/c1-10-8-12(5-6-13(10)14(15)20)21(17,18)16(2)9-11-4-3-7-19-11/h5-6,8,11H,3-4,7,9H2,1-2H3,(H2,15,20). The lowest BCUT2D eigenvalue weighted by Crippen LogP contribution is -2.34. The minimum absolute atomic E-state index is 0.0123. The zero-order valence-electron chi connectivity index (χ0n) is 12.2. The monoisotopic (exact) mass is 328 g/mol. The summed E-state index contributed by atoms with van der Waals surface area (Å²) in [6, 6.07) is 4.81. The molecule has 0 bridgehead atoms. The molecule has 0 spiro atoms. The molecule has 116 valence electrons. The summed E-state index contributed by atoms with van der Waals surface area (Å²) < 4.78 is 32.0. The van der Waals surface area contributed by atoms with Crippen molar-refractivity contribution in [3.8, 4) is 0 Å². The topological polar surface area (TPSA) is 72.6 Å². The molecular formula is C14H20N2O3S2. The molecule has 1 aliphatic rings. The normalized spacial score (nSPS) is 19.1. The van der Waals surface area contributed by atoms with Gasteiger partial charge in [-0.25, -0.2) is 8.42 Å². The van der Waals surface area contributed by atoms with E-state index in [2.05, 4.69) is 0 Å². The molecule has 21 heavy (non-hydrogen) atoms. The second kappa shape index (κ2) is 6.39. The molecule has 2 rings (SSSR count). The Morgan fingerprint density at radius 1 is 1.52 bits per heavy atom. The van der Waals surface area contributed by atoms with E-state index >= 15 is 0 Å². The quantitative estimate of drug-likeness (QED) is 0.828. The average Bonchev–Trinajstić information content (AvgIpc) is 2.90. The molecule has 1 fully saturated rings. The van der Waals surface area contributed by atoms with E-state index in [1.54, 1.807) is 32.2 Å². The molecule has 1 saturated heterocycles. The first-order valence-corrected chi connectivity index (χ1v) is 8.65. The Bertz CT molecular complexity index is 638. The lowest BCUT2D eigenvalue weighted by Gasteiger charge is -2.21. The first-order chi connectivity index (χ1) is 9.82. The van der Waals surface area contributed by atoms with Crippen molar-refractivity contribution in [2.75, 3.05) is 20.2 Å². The highest BCUT2D eigenvalue weighted by Gasteiger charge is 2.26. The Morgan fingerprint density at radius 2 is 2.24 bits per heavy atom. The van der Waals surface area contributed by atoms with E-state index in [0.29, 0.717) is 18.7 Å². The minimum Gasteiger partial charge on any atom is -0.389 e. The summed E-state index contributed by atoms with van der Waals surface area (Å²) in [5.74, 6) is 0. The van der Waals surface area contributed by atoms with Crippen LogP contribution in [0.5, 0.6) is 0 Å². The molecule has 5 nitrogen and oxygen atoms in total. The van der Waals surface area contributed by atoms with Gasteiger partial charge in [-0.3, -0.25) is 0 Å². The van der Waals surface area contributed by atoms with Crippen LogP contribution in [0.3, 0.4) is 0 Å². The third-order valence-corrected chi connectivity index (χ3v) is 5.70. The van der Waals surface area contributed by atoms with Gasteiger partial charge in [0.15, 0.2) is 0 Å². The average molecular weight is 328 g/mol. The van der Waals surface area contributed by atoms with Crippen LogP contribution in [0.1, 0.15) is 24.0 Å². The van der Waals surface area contributed by atoms with Crippen LogP contribution in [0.25, 0.3) is 0 Å². The van der Waals surface area contributed by atoms with Crippen LogP contribution in [0.15, 0.2) is 23.1 Å². The Balaban J connectivity index is 2.22. The predicted octanol–water partition coefficient (Wildman–Crippen LogP) is 1.43. The van der Waals surface area contributed by atoms with Gasteiger partial charge in [0, 0.05) is 25.8 Å². The third-order valence-electron chi connectivity index (χ3n) is 3.66. The fraction of sp³-hybridized carbons (Fsp3) is 0.500. The number of thiocarbonyl (C=S) groups is 1. The highest BCUT2D eigenvalue weighted by Crippen LogP contribution is 2.21. The van der Waals surface area contributed by atoms with Crippen molar-refractivity contribution in [3.05, 3.63) is 29.3 Å². The highest BCUT2D eigenvalue weighted by atomic mass is 32.2. The lowest BCUT2D eigenvalue weighted by molar-refractivity contribution is 0.0979. The summed E-state index contributed by atoms with van der Waals surface area (Å²) in [4.78, 5) is 0.518. The number of hydrogen-bond acceptors (Lipinski definition) is 4. The first kappa shape index (κ1) is 16.4. The van der Waals surface area contributed by atoms with Gasteiger partial charge in [-0.05, 0) is 37.5 Å². The number of aryl methyl sites for hydroxylation is 1. The molecule has 7 heteroatoms. The maximum absolute atomic E-state index is 12.6. The lowest BCUT2D eigenvalue weighted by atomic mass is 10.1. The van der Waals surface area contributed by atoms with Crippen molar-refractivity contribution in [3.63, 3.8) is 0 Å². The fourth-order valence-corrected chi connectivity index (χ4v) is 3.94. The van der Waals surface area contributed by atoms with Gasteiger partial charge in [-0.2, -0.15) is 4.31 Å². The summed E-state index contributed by atoms with van der Waals surface area (Å²) in [5, 5.41) is 0. The Morgan fingerprint density at radius 3 is 2.76 bits per heavy atom. The highest BCUT2D eigenvalue weighted by molar-refractivity contribution is 7.89. The van der Waals surface area contributed by atoms with E-state index in [-0.39, 0.29) is 16.0 Å². The zero-order valence-corrected chi connectivity index (χ0v) is 13.8. The van der Waals surface area contributed by atoms with E-state index in [4.69, 9.17) is 22.7 Å². The molecular weight excluding hydrogens is 308 g/mol. The second-order valence-corrected chi connectivity index (χ2v) is 7.75. The number of hydrogen-bond donors (Lipinski definition) is 1. The van der Waals surface area contributed by atoms with Gasteiger partial charge in [0.25, 0.3) is 0 Å². The van der Waals surface area contributed by atoms with Gasteiger partial charge in [0.05, 0.1) is 11.0 Å². The van der Waals surface area contributed by atoms with Crippen LogP contribution in [0.4, 0.5) is 0 Å². The number of ether oxygens (including phenoxy) is 1. The molecule has 1 atom stereocenters. The van der Waals surface area contributed by atoms with Gasteiger partial charge in [0.1, 0.15) is 4.99 Å². The van der Waals surface area contributed by atoms with Crippen molar-refractivity contribution in [2.45, 2.75) is 30.8 Å². The van der Waals surface area contributed by atoms with Gasteiger partial charge < -0.3 is 10.5 Å². The Kier molecular flexibility index (Phi) is 4.98. The summed E-state index contributed by atoms with van der Waals surface area (Å²) >= 11 is 4.93. The van der Waals surface area contributed by atoms with E-state index in [1.165, 1.54) is 4.31 Å². The maximum Gasteiger partial charge on any atom is 0.242 e. The van der Waals surface area contributed by atoms with Crippen molar-refractivity contribution in [2.24, 2.45) is 5.73 Å². The van der Waals surface area contributed by atoms with Crippen LogP contribution < -0.4 is 5.73 Å². The number of rotatable bonds is 5. The molecule has 1 aromatic carbocycles. The molecule has 1 heterocycles. The fourth-order valence-electron chi connectivity index (χ4n) is 2.43. The summed E-state index contributed by atoms with van der Waals surface area (Å²) in [6.45, 7) is 2.88. The number of sulfonamides is 1. The molecule has 0 aliphatic carbocycles. The predicted molar refractivity (Wildman–Crippen MR) is 85.9 cm³/mol. The first-order valence-electron chi connectivity index (χ1n) is 6.81. The molecule has 0 saturated carbocycles. The Hall–Kier alpha value is -1.02. The van der Waals surface area contributed by atoms with E-state index < -0.39 is 10.0 Å². The van der Waals surface area contributed by atoms with Gasteiger partial charge in [-0.15, -0.1) is 0 Å². The van der Waals surface area contributed by atoms with Gasteiger partial charge in [-0.1, -0.05) is 18.3 Å². The van der Waals surface area contributed by atoms with Crippen molar-refractivity contribution in [1.82, 2.24) is 4.31 Å². The second-order valence-electron chi connectivity index (χ2n) is 5.26. The largest absolute Gasteiger partial charge is 0.389 e. The molecule has 0 aromatic heterocycles. The molecule has 1 unspecified atom stereocenters. The summed E-state index contributed by atoms with van der Waals surface area (Å²) in [5.41, 5.74) is 7.06. The van der Waals surface area contributed by atoms with Crippen molar-refractivity contribution in [1.29, 1.82) is 0 Å². The zero-order chi connectivity index (χ0) is 15.6. The third kappa shape index (κ3) is 3.60. The Labute approximate surface area is 131 Å². The van der Waals surface area contributed by atoms with Crippen molar-refractivity contribution >= 4 is 27.2 Å². The van der Waals surface area contributed by atoms with Crippen LogP contribution in [0.2, 0.25) is 0 Å². The van der Waals surface area contributed by atoms with E-state index in [0.717, 1.165) is 18.4 Å². The molecule has 0 radical (unpaired) electrons. The number of nitrogens with zero attached hydrogens (tertiary/aromatic N) is 1. The summed E-state index contributed by atoms with van der Waals surface area (Å²) in [7, 11) is -1.94. The number of benzene rings is 1. The number of likely N-dealkylation sites (N-methyl/N-ethyl adjacent to an activating group) is 1. The van der Waals surface area contributed by atoms with E-state index in [1.807, 2.05) is 0 Å².